The van der Waals surface area contributed by atoms with E-state index in [0.29, 0.717) is 0 Å². The lowest BCUT2D eigenvalue weighted by atomic mass is 9.97. The van der Waals surface area contributed by atoms with Crippen LogP contribution in [0.25, 0.3) is 0 Å². The summed E-state index contributed by atoms with van der Waals surface area (Å²) >= 11 is 0. The number of nitrogens with one attached hydrogen (secondary N) is 1. The van der Waals surface area contributed by atoms with Crippen LogP contribution in [0.2, 0.25) is 0 Å². The van der Waals surface area contributed by atoms with E-state index in [4.69, 9.17) is 4.74 Å². The molecule has 0 saturated heterocycles. The number of carbonyl (C=O) groups is 2. The number of carbonyl (C=O) groups excluding carboxylic acids is 2. The molecule has 1 atom stereocenters. The summed E-state index contributed by atoms with van der Waals surface area (Å²) in [7, 11) is 3.33. The van der Waals surface area contributed by atoms with Crippen LogP contribution in [0, 0.1) is 0 Å². The van der Waals surface area contributed by atoms with Crippen LogP contribution >= 0.6 is 0 Å². The third kappa shape index (κ3) is 6.27. The predicted octanol–water partition coefficient (Wildman–Crippen LogP) is 1.93. The van der Waals surface area contributed by atoms with E-state index in [2.05, 4.69) is 11.9 Å². The van der Waals surface area contributed by atoms with E-state index in [9.17, 15) is 9.59 Å². The van der Waals surface area contributed by atoms with Gasteiger partial charge in [-0.25, -0.2) is 4.79 Å². The largest absolute Gasteiger partial charge is 0.444 e. The van der Waals surface area contributed by atoms with E-state index in [0.717, 1.165) is 0 Å². The van der Waals surface area contributed by atoms with E-state index >= 15 is 0 Å². The van der Waals surface area contributed by atoms with Gasteiger partial charge in [-0.3, -0.25) is 4.79 Å². The Hall–Kier alpha value is -1.52. The summed E-state index contributed by atoms with van der Waals surface area (Å²) in [6.07, 6.45) is 1.12. The van der Waals surface area contributed by atoms with Crippen molar-refractivity contribution >= 4 is 12.0 Å². The minimum absolute atomic E-state index is 0.0894. The Morgan fingerprint density at radius 1 is 1.28 bits per heavy atom. The van der Waals surface area contributed by atoms with Crippen LogP contribution in [0.4, 0.5) is 4.79 Å². The summed E-state index contributed by atoms with van der Waals surface area (Å²) in [6.45, 7) is 10.7. The number of hydrogen-bond donors (Lipinski definition) is 1. The van der Waals surface area contributed by atoms with Crippen LogP contribution in [-0.2, 0) is 9.53 Å². The van der Waals surface area contributed by atoms with Crippen molar-refractivity contribution in [3.05, 3.63) is 12.7 Å². The third-order valence-corrected chi connectivity index (χ3v) is 2.25. The fourth-order valence-electron chi connectivity index (χ4n) is 1.18. The standard InChI is InChI=1S/C13H24N2O3/c1-8-13(5,9-10(16)15(6)7)14-11(17)18-12(2,3)4/h8H,1,9H2,2-7H3,(H,14,17)/t13-/m1/s1. The zero-order chi connectivity index (χ0) is 14.6. The van der Waals surface area contributed by atoms with Crippen LogP contribution in [0.3, 0.4) is 0 Å². The molecule has 0 aliphatic heterocycles. The van der Waals surface area contributed by atoms with Gasteiger partial charge in [-0.15, -0.1) is 6.58 Å². The lowest BCUT2D eigenvalue weighted by Gasteiger charge is -2.29. The smallest absolute Gasteiger partial charge is 0.408 e. The van der Waals surface area contributed by atoms with Crippen molar-refractivity contribution in [2.45, 2.75) is 45.3 Å². The average Bonchev–Trinajstić information content (AvgIpc) is 2.13. The van der Waals surface area contributed by atoms with Crippen molar-refractivity contribution in [2.75, 3.05) is 14.1 Å². The molecule has 2 amide bonds. The van der Waals surface area contributed by atoms with E-state index in [1.165, 1.54) is 4.90 Å². The monoisotopic (exact) mass is 256 g/mol. The number of rotatable bonds is 4. The van der Waals surface area contributed by atoms with Gasteiger partial charge in [-0.1, -0.05) is 6.08 Å². The average molecular weight is 256 g/mol. The fraction of sp³-hybridized carbons (Fsp3) is 0.692. The lowest BCUT2D eigenvalue weighted by molar-refractivity contribution is -0.129. The number of nitrogens with zero attached hydrogens (tertiary/aromatic N) is 1. The molecule has 0 unspecified atom stereocenters. The van der Waals surface area contributed by atoms with Gasteiger partial charge in [0.25, 0.3) is 0 Å². The zero-order valence-electron chi connectivity index (χ0n) is 12.2. The van der Waals surface area contributed by atoms with Crippen molar-refractivity contribution in [2.24, 2.45) is 0 Å². The van der Waals surface area contributed by atoms with Gasteiger partial charge in [0.2, 0.25) is 5.91 Å². The number of hydrogen-bond acceptors (Lipinski definition) is 3. The van der Waals surface area contributed by atoms with Gasteiger partial charge in [-0.2, -0.15) is 0 Å². The summed E-state index contributed by atoms with van der Waals surface area (Å²) in [5.74, 6) is -0.0894. The summed E-state index contributed by atoms with van der Waals surface area (Å²) in [4.78, 5) is 24.8. The Labute approximate surface area is 109 Å². The zero-order valence-corrected chi connectivity index (χ0v) is 12.2. The molecule has 0 rings (SSSR count). The summed E-state index contributed by atoms with van der Waals surface area (Å²) in [6, 6.07) is 0. The first-order valence-corrected chi connectivity index (χ1v) is 5.84. The van der Waals surface area contributed by atoms with Crippen LogP contribution in [0.5, 0.6) is 0 Å². The molecule has 0 aliphatic carbocycles. The SMILES string of the molecule is C=C[C@](C)(CC(=O)N(C)C)NC(=O)OC(C)(C)C. The quantitative estimate of drug-likeness (QED) is 0.782. The van der Waals surface area contributed by atoms with Gasteiger partial charge >= 0.3 is 6.09 Å². The van der Waals surface area contributed by atoms with Crippen LogP contribution in [0.1, 0.15) is 34.1 Å². The molecule has 0 fully saturated rings. The van der Waals surface area contributed by atoms with Crippen molar-refractivity contribution in [3.8, 4) is 0 Å². The van der Waals surface area contributed by atoms with Gasteiger partial charge in [0.15, 0.2) is 0 Å². The molecule has 0 heterocycles. The third-order valence-electron chi connectivity index (χ3n) is 2.25. The van der Waals surface area contributed by atoms with Crippen molar-refractivity contribution < 1.29 is 14.3 Å². The van der Waals surface area contributed by atoms with Crippen LogP contribution in [-0.4, -0.2) is 42.1 Å². The van der Waals surface area contributed by atoms with Crippen LogP contribution < -0.4 is 5.32 Å². The van der Waals surface area contributed by atoms with Crippen LogP contribution in [0.15, 0.2) is 12.7 Å². The Balaban J connectivity index is 4.62. The molecule has 0 aromatic carbocycles. The van der Waals surface area contributed by atoms with E-state index in [-0.39, 0.29) is 12.3 Å². The van der Waals surface area contributed by atoms with Crippen molar-refractivity contribution in [3.63, 3.8) is 0 Å². The second-order valence-electron chi connectivity index (χ2n) is 5.71. The maximum Gasteiger partial charge on any atom is 0.408 e. The molecular weight excluding hydrogens is 232 g/mol. The molecule has 0 aliphatic rings. The molecule has 0 aromatic heterocycles. The Morgan fingerprint density at radius 3 is 2.11 bits per heavy atom. The molecule has 5 heteroatoms. The molecule has 18 heavy (non-hydrogen) atoms. The van der Waals surface area contributed by atoms with E-state index in [1.54, 1.807) is 47.9 Å². The molecule has 0 aromatic rings. The number of ether oxygens (including phenoxy) is 1. The molecule has 0 radical (unpaired) electrons. The van der Waals surface area contributed by atoms with Crippen molar-refractivity contribution in [1.29, 1.82) is 0 Å². The highest BCUT2D eigenvalue weighted by molar-refractivity contribution is 5.78. The van der Waals surface area contributed by atoms with E-state index < -0.39 is 17.2 Å². The molecule has 104 valence electrons. The summed E-state index contributed by atoms with van der Waals surface area (Å²) in [5.41, 5.74) is -1.39. The minimum Gasteiger partial charge on any atom is -0.444 e. The second kappa shape index (κ2) is 5.89. The first kappa shape index (κ1) is 16.5. The maximum absolute atomic E-state index is 11.7. The fourth-order valence-corrected chi connectivity index (χ4v) is 1.18. The highest BCUT2D eigenvalue weighted by Crippen LogP contribution is 2.14. The first-order chi connectivity index (χ1) is 7.99. The Morgan fingerprint density at radius 2 is 1.78 bits per heavy atom. The lowest BCUT2D eigenvalue weighted by Crippen LogP contribution is -2.49. The topological polar surface area (TPSA) is 58.6 Å². The molecule has 1 N–H and O–H groups in total. The number of alkyl carbamates (subject to hydrolysis) is 1. The number of amides is 2. The minimum atomic E-state index is -0.816. The van der Waals surface area contributed by atoms with Gasteiger partial charge in [-0.05, 0) is 27.7 Å². The first-order valence-electron chi connectivity index (χ1n) is 5.84. The summed E-state index contributed by atoms with van der Waals surface area (Å²) < 4.78 is 5.15. The van der Waals surface area contributed by atoms with Crippen molar-refractivity contribution in [1.82, 2.24) is 10.2 Å². The second-order valence-corrected chi connectivity index (χ2v) is 5.71. The predicted molar refractivity (Wildman–Crippen MR) is 71.3 cm³/mol. The highest BCUT2D eigenvalue weighted by atomic mass is 16.6. The molecule has 5 nitrogen and oxygen atoms in total. The highest BCUT2D eigenvalue weighted by Gasteiger charge is 2.29. The Bertz CT molecular complexity index is 332. The molecule has 0 spiro atoms. The van der Waals surface area contributed by atoms with Gasteiger partial charge in [0.1, 0.15) is 5.60 Å². The summed E-state index contributed by atoms with van der Waals surface area (Å²) in [5, 5.41) is 2.66. The maximum atomic E-state index is 11.7. The van der Waals surface area contributed by atoms with Gasteiger partial charge in [0.05, 0.1) is 12.0 Å². The van der Waals surface area contributed by atoms with Gasteiger partial charge in [0, 0.05) is 14.1 Å². The normalized spacial score (nSPS) is 14.3. The molecule has 0 saturated carbocycles. The Kier molecular flexibility index (Phi) is 5.39. The van der Waals surface area contributed by atoms with Gasteiger partial charge < -0.3 is 15.0 Å². The molecular formula is C13H24N2O3. The van der Waals surface area contributed by atoms with E-state index in [1.807, 2.05) is 0 Å². The molecule has 0 bridgehead atoms.